The highest BCUT2D eigenvalue weighted by atomic mass is 35.5. The third kappa shape index (κ3) is 5.65. The van der Waals surface area contributed by atoms with Gasteiger partial charge in [0.05, 0.1) is 18.4 Å². The summed E-state index contributed by atoms with van der Waals surface area (Å²) >= 11 is 6.02. The summed E-state index contributed by atoms with van der Waals surface area (Å²) in [5.74, 6) is -2.18. The number of carbonyl (C=O) groups excluding carboxylic acids is 2. The number of anilines is 1. The molecule has 0 aliphatic heterocycles. The summed E-state index contributed by atoms with van der Waals surface area (Å²) in [6, 6.07) is 6.04. The van der Waals surface area contributed by atoms with Crippen molar-refractivity contribution in [2.24, 2.45) is 0 Å². The number of amides is 2. The Bertz CT molecular complexity index is 859. The molecule has 0 aromatic heterocycles. The van der Waals surface area contributed by atoms with E-state index < -0.39 is 17.5 Å². The lowest BCUT2D eigenvalue weighted by Crippen LogP contribution is -2.26. The van der Waals surface area contributed by atoms with Crippen molar-refractivity contribution < 1.29 is 23.1 Å². The summed E-state index contributed by atoms with van der Waals surface area (Å²) < 4.78 is 31.6. The first-order chi connectivity index (χ1) is 12.8. The van der Waals surface area contributed by atoms with E-state index in [-0.39, 0.29) is 24.4 Å². The Labute approximate surface area is 160 Å². The number of benzene rings is 2. The Morgan fingerprint density at radius 2 is 1.93 bits per heavy atom. The number of aryl methyl sites for hydroxylation is 1. The molecule has 0 radical (unpaired) electrons. The van der Waals surface area contributed by atoms with Crippen LogP contribution in [0.15, 0.2) is 30.3 Å². The summed E-state index contributed by atoms with van der Waals surface area (Å²) in [6.45, 7) is 1.97. The normalized spacial score (nSPS) is 10.4. The lowest BCUT2D eigenvalue weighted by atomic mass is 10.2. The van der Waals surface area contributed by atoms with Gasteiger partial charge < -0.3 is 15.4 Å². The van der Waals surface area contributed by atoms with Crippen LogP contribution >= 0.6 is 11.6 Å². The fourth-order valence-electron chi connectivity index (χ4n) is 2.36. The molecule has 2 N–H and O–H groups in total. The van der Waals surface area contributed by atoms with E-state index >= 15 is 0 Å². The molecule has 0 aliphatic carbocycles. The summed E-state index contributed by atoms with van der Waals surface area (Å²) in [6.07, 6.45) is 0.478. The third-order valence-corrected chi connectivity index (χ3v) is 4.20. The number of halogens is 3. The topological polar surface area (TPSA) is 67.4 Å². The van der Waals surface area contributed by atoms with Gasteiger partial charge in [0.15, 0.2) is 0 Å². The minimum Gasteiger partial charge on any atom is -0.495 e. The van der Waals surface area contributed by atoms with Gasteiger partial charge in [-0.15, -0.1) is 0 Å². The fourth-order valence-corrected chi connectivity index (χ4v) is 2.52. The van der Waals surface area contributed by atoms with Gasteiger partial charge in [-0.2, -0.15) is 0 Å². The summed E-state index contributed by atoms with van der Waals surface area (Å²) in [5, 5.41) is 5.75. The van der Waals surface area contributed by atoms with Gasteiger partial charge in [-0.05, 0) is 37.1 Å². The number of carbonyl (C=O) groups is 2. The van der Waals surface area contributed by atoms with Crippen molar-refractivity contribution in [3.63, 3.8) is 0 Å². The maximum absolute atomic E-state index is 13.5. The zero-order chi connectivity index (χ0) is 20.0. The maximum Gasteiger partial charge on any atom is 0.254 e. The SMILES string of the molecule is COc1cc(Cl)c(C)cc1NC(=O)CCCNC(=O)c1ccc(F)cc1F. The lowest BCUT2D eigenvalue weighted by molar-refractivity contribution is -0.116. The van der Waals surface area contributed by atoms with Crippen LogP contribution < -0.4 is 15.4 Å². The molecule has 0 atom stereocenters. The molecular weight excluding hydrogens is 378 g/mol. The first-order valence-electron chi connectivity index (χ1n) is 8.19. The number of ether oxygens (including phenoxy) is 1. The molecule has 2 aromatic rings. The molecule has 0 spiro atoms. The second-order valence-corrected chi connectivity index (χ2v) is 6.24. The Balaban J connectivity index is 1.83. The predicted octanol–water partition coefficient (Wildman–Crippen LogP) is 4.08. The van der Waals surface area contributed by atoms with Crippen LogP contribution in [0.25, 0.3) is 0 Å². The van der Waals surface area contributed by atoms with Crippen LogP contribution in [0.2, 0.25) is 5.02 Å². The first kappa shape index (κ1) is 20.6. The smallest absolute Gasteiger partial charge is 0.254 e. The van der Waals surface area contributed by atoms with Gasteiger partial charge in [-0.25, -0.2) is 8.78 Å². The van der Waals surface area contributed by atoms with E-state index in [2.05, 4.69) is 10.6 Å². The predicted molar refractivity (Wildman–Crippen MR) is 99.3 cm³/mol. The number of hydrogen-bond acceptors (Lipinski definition) is 3. The Hall–Kier alpha value is -2.67. The zero-order valence-electron chi connectivity index (χ0n) is 14.9. The molecule has 27 heavy (non-hydrogen) atoms. The Morgan fingerprint density at radius 1 is 1.19 bits per heavy atom. The molecule has 2 amide bonds. The van der Waals surface area contributed by atoms with Crippen molar-refractivity contribution in [2.45, 2.75) is 19.8 Å². The van der Waals surface area contributed by atoms with Gasteiger partial charge in [0, 0.05) is 30.1 Å². The van der Waals surface area contributed by atoms with Crippen LogP contribution in [-0.4, -0.2) is 25.5 Å². The van der Waals surface area contributed by atoms with Crippen molar-refractivity contribution in [1.29, 1.82) is 0 Å². The van der Waals surface area contributed by atoms with Crippen molar-refractivity contribution in [3.05, 3.63) is 58.1 Å². The standard InChI is InChI=1S/C19H19ClF2N2O3/c1-11-8-16(17(27-2)10-14(11)20)24-18(25)4-3-7-23-19(26)13-6-5-12(21)9-15(13)22/h5-6,8-10H,3-4,7H2,1-2H3,(H,23,26)(H,24,25). The van der Waals surface area contributed by atoms with Gasteiger partial charge in [-0.1, -0.05) is 11.6 Å². The first-order valence-corrected chi connectivity index (χ1v) is 8.57. The summed E-state index contributed by atoms with van der Waals surface area (Å²) in [5.41, 5.74) is 1.05. The van der Waals surface area contributed by atoms with Crippen LogP contribution in [0.4, 0.5) is 14.5 Å². The average Bonchev–Trinajstić information content (AvgIpc) is 2.61. The molecule has 8 heteroatoms. The average molecular weight is 397 g/mol. The fraction of sp³-hybridized carbons (Fsp3) is 0.263. The van der Waals surface area contributed by atoms with Crippen LogP contribution in [0.5, 0.6) is 5.75 Å². The van der Waals surface area contributed by atoms with Gasteiger partial charge in [0.1, 0.15) is 17.4 Å². The van der Waals surface area contributed by atoms with Crippen LogP contribution in [-0.2, 0) is 4.79 Å². The van der Waals surface area contributed by atoms with Crippen LogP contribution in [0, 0.1) is 18.6 Å². The van der Waals surface area contributed by atoms with Crippen LogP contribution in [0.1, 0.15) is 28.8 Å². The molecule has 0 heterocycles. The summed E-state index contributed by atoms with van der Waals surface area (Å²) in [7, 11) is 1.47. The molecule has 0 unspecified atom stereocenters. The van der Waals surface area contributed by atoms with Gasteiger partial charge in [-0.3, -0.25) is 9.59 Å². The van der Waals surface area contributed by atoms with Gasteiger partial charge >= 0.3 is 0 Å². The number of hydrogen-bond donors (Lipinski definition) is 2. The highest BCUT2D eigenvalue weighted by Gasteiger charge is 2.13. The molecule has 0 saturated heterocycles. The van der Waals surface area contributed by atoms with Crippen molar-refractivity contribution in [3.8, 4) is 5.75 Å². The summed E-state index contributed by atoms with van der Waals surface area (Å²) in [4.78, 5) is 23.9. The molecule has 144 valence electrons. The van der Waals surface area contributed by atoms with E-state index in [4.69, 9.17) is 16.3 Å². The van der Waals surface area contributed by atoms with E-state index in [1.165, 1.54) is 7.11 Å². The Morgan fingerprint density at radius 3 is 2.59 bits per heavy atom. The zero-order valence-corrected chi connectivity index (χ0v) is 15.6. The minimum absolute atomic E-state index is 0.136. The van der Waals surface area contributed by atoms with E-state index in [1.807, 2.05) is 6.92 Å². The number of nitrogens with one attached hydrogen (secondary N) is 2. The van der Waals surface area contributed by atoms with Gasteiger partial charge in [0.2, 0.25) is 5.91 Å². The van der Waals surface area contributed by atoms with Gasteiger partial charge in [0.25, 0.3) is 5.91 Å². The van der Waals surface area contributed by atoms with E-state index in [0.29, 0.717) is 28.9 Å². The maximum atomic E-state index is 13.5. The quantitative estimate of drug-likeness (QED) is 0.693. The Kier molecular flexibility index (Phi) is 7.12. The molecule has 2 aromatic carbocycles. The molecule has 5 nitrogen and oxygen atoms in total. The second-order valence-electron chi connectivity index (χ2n) is 5.83. The number of rotatable bonds is 7. The third-order valence-electron chi connectivity index (χ3n) is 3.80. The molecule has 0 bridgehead atoms. The van der Waals surface area contributed by atoms with E-state index in [9.17, 15) is 18.4 Å². The molecular formula is C19H19ClF2N2O3. The number of methoxy groups -OCH3 is 1. The van der Waals surface area contributed by atoms with E-state index in [1.54, 1.807) is 12.1 Å². The van der Waals surface area contributed by atoms with Crippen molar-refractivity contribution >= 4 is 29.1 Å². The second kappa shape index (κ2) is 9.32. The molecule has 0 fully saturated rings. The highest BCUT2D eigenvalue weighted by molar-refractivity contribution is 6.31. The highest BCUT2D eigenvalue weighted by Crippen LogP contribution is 2.31. The molecule has 2 rings (SSSR count). The van der Waals surface area contributed by atoms with Crippen molar-refractivity contribution in [1.82, 2.24) is 5.32 Å². The molecule has 0 aliphatic rings. The van der Waals surface area contributed by atoms with E-state index in [0.717, 1.165) is 17.7 Å². The monoisotopic (exact) mass is 396 g/mol. The molecule has 0 saturated carbocycles. The van der Waals surface area contributed by atoms with Crippen LogP contribution in [0.3, 0.4) is 0 Å². The minimum atomic E-state index is -0.935. The van der Waals surface area contributed by atoms with Crippen molar-refractivity contribution in [2.75, 3.05) is 19.0 Å². The lowest BCUT2D eigenvalue weighted by Gasteiger charge is -2.12. The largest absolute Gasteiger partial charge is 0.495 e.